The fourth-order valence-corrected chi connectivity index (χ4v) is 4.45. The molecule has 2 aliphatic rings. The summed E-state index contributed by atoms with van der Waals surface area (Å²) in [7, 11) is 0. The van der Waals surface area contributed by atoms with Crippen LogP contribution < -0.4 is 15.0 Å². The van der Waals surface area contributed by atoms with Crippen LogP contribution in [0.2, 0.25) is 0 Å². The summed E-state index contributed by atoms with van der Waals surface area (Å²) in [6.45, 7) is 3.56. The highest BCUT2D eigenvalue weighted by Gasteiger charge is 2.29. The molecular formula is C24H32N4O2. The lowest BCUT2D eigenvalue weighted by atomic mass is 9.96. The van der Waals surface area contributed by atoms with Gasteiger partial charge in [-0.2, -0.15) is 0 Å². The van der Waals surface area contributed by atoms with Gasteiger partial charge in [-0.15, -0.1) is 0 Å². The van der Waals surface area contributed by atoms with E-state index in [1.165, 1.54) is 31.2 Å². The van der Waals surface area contributed by atoms with Gasteiger partial charge in [-0.25, -0.2) is 9.97 Å². The number of carbonyl (C=O) groups is 1. The second kappa shape index (κ2) is 9.92. The van der Waals surface area contributed by atoms with Crippen LogP contribution in [0.25, 0.3) is 0 Å². The van der Waals surface area contributed by atoms with Crippen molar-refractivity contribution in [1.29, 1.82) is 0 Å². The van der Waals surface area contributed by atoms with Gasteiger partial charge in [0.1, 0.15) is 5.75 Å². The van der Waals surface area contributed by atoms with Gasteiger partial charge in [0.2, 0.25) is 5.91 Å². The van der Waals surface area contributed by atoms with Gasteiger partial charge in [-0.05, 0) is 44.7 Å². The van der Waals surface area contributed by atoms with Crippen molar-refractivity contribution in [3.63, 3.8) is 0 Å². The fraction of sp³-hybridized carbons (Fsp3) is 0.542. The number of anilines is 1. The van der Waals surface area contributed by atoms with Crippen molar-refractivity contribution in [2.24, 2.45) is 5.92 Å². The molecule has 1 saturated carbocycles. The molecule has 1 N–H and O–H groups in total. The lowest BCUT2D eigenvalue weighted by Crippen LogP contribution is -2.46. The van der Waals surface area contributed by atoms with E-state index in [2.05, 4.69) is 20.2 Å². The van der Waals surface area contributed by atoms with Crippen LogP contribution in [0.4, 0.5) is 5.82 Å². The smallest absolute Gasteiger partial charge is 0.263 e. The maximum Gasteiger partial charge on any atom is 0.263 e. The van der Waals surface area contributed by atoms with Crippen molar-refractivity contribution >= 4 is 11.7 Å². The second-order valence-electron chi connectivity index (χ2n) is 8.58. The lowest BCUT2D eigenvalue weighted by molar-refractivity contribution is -0.126. The van der Waals surface area contributed by atoms with Crippen molar-refractivity contribution in [2.45, 2.75) is 64.3 Å². The number of piperidine rings is 1. The first-order chi connectivity index (χ1) is 14.7. The van der Waals surface area contributed by atoms with Gasteiger partial charge in [0.05, 0.1) is 5.92 Å². The molecular weight excluding hydrogens is 376 g/mol. The molecule has 4 rings (SSSR count). The summed E-state index contributed by atoms with van der Waals surface area (Å²) in [6, 6.07) is 8.24. The molecule has 0 unspecified atom stereocenters. The zero-order valence-electron chi connectivity index (χ0n) is 17.8. The highest BCUT2D eigenvalue weighted by Crippen LogP contribution is 2.31. The van der Waals surface area contributed by atoms with Crippen molar-refractivity contribution in [3.05, 3.63) is 42.2 Å². The Morgan fingerprint density at radius 2 is 1.73 bits per heavy atom. The van der Waals surface area contributed by atoms with E-state index in [0.717, 1.165) is 38.0 Å². The molecule has 1 atom stereocenters. The maximum atomic E-state index is 13.0. The number of rotatable bonds is 5. The summed E-state index contributed by atoms with van der Waals surface area (Å²) in [5.74, 6) is 2.12. The summed E-state index contributed by atoms with van der Waals surface area (Å²) in [5, 5.41) is 3.33. The number of hydrogen-bond acceptors (Lipinski definition) is 5. The Morgan fingerprint density at radius 1 is 1.00 bits per heavy atom. The van der Waals surface area contributed by atoms with Crippen LogP contribution in [-0.2, 0) is 4.79 Å². The van der Waals surface area contributed by atoms with Crippen molar-refractivity contribution in [3.8, 4) is 11.6 Å². The number of aryl methyl sites for hydroxylation is 1. The topological polar surface area (TPSA) is 67.4 Å². The molecule has 0 radical (unpaired) electrons. The lowest BCUT2D eigenvalue weighted by Gasteiger charge is -2.34. The van der Waals surface area contributed by atoms with Gasteiger partial charge in [0.15, 0.2) is 5.82 Å². The highest BCUT2D eigenvalue weighted by atomic mass is 16.5. The normalized spacial score (nSPS) is 20.4. The minimum absolute atomic E-state index is 0.0174. The molecule has 2 fully saturated rings. The summed E-state index contributed by atoms with van der Waals surface area (Å²) < 4.78 is 6.03. The number of benzene rings is 1. The predicted octanol–water partition coefficient (Wildman–Crippen LogP) is 4.63. The van der Waals surface area contributed by atoms with Crippen LogP contribution in [-0.4, -0.2) is 35.0 Å². The average molecular weight is 409 g/mol. The molecule has 2 aromatic rings. The number of nitrogens with one attached hydrogen (secondary N) is 1. The molecule has 6 heteroatoms. The standard InChI is InChI=1S/C24H32N4O2/c1-18-10-12-21(13-11-18)30-24-22(25-14-15-26-24)28-16-6-7-19(17-28)23(29)27-20-8-4-2-3-5-9-20/h10-15,19-20H,2-9,16-17H2,1H3,(H,27,29)/t19-/m0/s1. The molecule has 6 nitrogen and oxygen atoms in total. The number of aromatic nitrogens is 2. The SMILES string of the molecule is Cc1ccc(Oc2nccnc2N2CCC[C@H](C(=O)NC3CCCCCC3)C2)cc1. The number of nitrogens with zero attached hydrogens (tertiary/aromatic N) is 3. The number of ether oxygens (including phenoxy) is 1. The van der Waals surface area contributed by atoms with Gasteiger partial charge < -0.3 is 15.0 Å². The minimum atomic E-state index is -0.0174. The summed E-state index contributed by atoms with van der Waals surface area (Å²) in [6.07, 6.45) is 12.5. The maximum absolute atomic E-state index is 13.0. The molecule has 30 heavy (non-hydrogen) atoms. The van der Waals surface area contributed by atoms with Crippen LogP contribution in [0.5, 0.6) is 11.6 Å². The summed E-state index contributed by atoms with van der Waals surface area (Å²) in [5.41, 5.74) is 1.18. The third kappa shape index (κ3) is 5.29. The Labute approximate surface area is 179 Å². The molecule has 0 bridgehead atoms. The first-order valence-corrected chi connectivity index (χ1v) is 11.3. The van der Waals surface area contributed by atoms with E-state index in [1.54, 1.807) is 12.4 Å². The van der Waals surface area contributed by atoms with Gasteiger partial charge in [-0.3, -0.25) is 4.79 Å². The van der Waals surface area contributed by atoms with Crippen LogP contribution in [0.3, 0.4) is 0 Å². The van der Waals surface area contributed by atoms with E-state index in [-0.39, 0.29) is 11.8 Å². The van der Waals surface area contributed by atoms with Crippen LogP contribution in [0, 0.1) is 12.8 Å². The zero-order valence-corrected chi connectivity index (χ0v) is 17.8. The Kier molecular flexibility index (Phi) is 6.82. The van der Waals surface area contributed by atoms with Gasteiger partial charge in [0, 0.05) is 31.5 Å². The molecule has 0 spiro atoms. The molecule has 160 valence electrons. The first kappa shape index (κ1) is 20.6. The Bertz CT molecular complexity index is 831. The fourth-order valence-electron chi connectivity index (χ4n) is 4.45. The Balaban J connectivity index is 1.42. The quantitative estimate of drug-likeness (QED) is 0.731. The number of carbonyl (C=O) groups excluding carboxylic acids is 1. The number of hydrogen-bond donors (Lipinski definition) is 1. The zero-order chi connectivity index (χ0) is 20.8. The van der Waals surface area contributed by atoms with Crippen molar-refractivity contribution in [1.82, 2.24) is 15.3 Å². The molecule has 1 aromatic heterocycles. The van der Waals surface area contributed by atoms with E-state index < -0.39 is 0 Å². The molecule has 1 amide bonds. The van der Waals surface area contributed by atoms with E-state index in [9.17, 15) is 4.79 Å². The van der Waals surface area contributed by atoms with Gasteiger partial charge in [0.25, 0.3) is 5.88 Å². The Hall–Kier alpha value is -2.63. The van der Waals surface area contributed by atoms with E-state index >= 15 is 0 Å². The molecule has 1 aromatic carbocycles. The third-order valence-electron chi connectivity index (χ3n) is 6.18. The van der Waals surface area contributed by atoms with E-state index in [0.29, 0.717) is 24.3 Å². The first-order valence-electron chi connectivity index (χ1n) is 11.3. The molecule has 1 saturated heterocycles. The second-order valence-corrected chi connectivity index (χ2v) is 8.58. The van der Waals surface area contributed by atoms with Crippen molar-refractivity contribution in [2.75, 3.05) is 18.0 Å². The Morgan fingerprint density at radius 3 is 2.50 bits per heavy atom. The summed E-state index contributed by atoms with van der Waals surface area (Å²) >= 11 is 0. The monoisotopic (exact) mass is 408 g/mol. The third-order valence-corrected chi connectivity index (χ3v) is 6.18. The van der Waals surface area contributed by atoms with E-state index in [4.69, 9.17) is 4.74 Å². The van der Waals surface area contributed by atoms with Gasteiger partial charge >= 0.3 is 0 Å². The van der Waals surface area contributed by atoms with Crippen LogP contribution >= 0.6 is 0 Å². The summed E-state index contributed by atoms with van der Waals surface area (Å²) in [4.78, 5) is 24.1. The van der Waals surface area contributed by atoms with Crippen LogP contribution in [0.15, 0.2) is 36.7 Å². The number of amides is 1. The average Bonchev–Trinajstić information content (AvgIpc) is 3.04. The minimum Gasteiger partial charge on any atom is -0.436 e. The van der Waals surface area contributed by atoms with Crippen LogP contribution in [0.1, 0.15) is 56.9 Å². The highest BCUT2D eigenvalue weighted by molar-refractivity contribution is 5.80. The molecule has 1 aliphatic carbocycles. The van der Waals surface area contributed by atoms with Gasteiger partial charge in [-0.1, -0.05) is 43.4 Å². The molecule has 2 heterocycles. The molecule has 1 aliphatic heterocycles. The predicted molar refractivity (Wildman–Crippen MR) is 118 cm³/mol. The largest absolute Gasteiger partial charge is 0.436 e. The van der Waals surface area contributed by atoms with Crippen molar-refractivity contribution < 1.29 is 9.53 Å². The van der Waals surface area contributed by atoms with E-state index in [1.807, 2.05) is 31.2 Å².